The van der Waals surface area contributed by atoms with Gasteiger partial charge in [-0.3, -0.25) is 9.36 Å². The molecule has 14 nitrogen and oxygen atoms in total. The van der Waals surface area contributed by atoms with Crippen LogP contribution in [0, 0.1) is 31.3 Å². The van der Waals surface area contributed by atoms with Crippen LogP contribution in [0.15, 0.2) is 73.3 Å². The van der Waals surface area contributed by atoms with Crippen molar-refractivity contribution in [3.8, 4) is 22.5 Å². The van der Waals surface area contributed by atoms with Crippen LogP contribution >= 0.6 is 0 Å². The summed E-state index contributed by atoms with van der Waals surface area (Å²) in [6.45, 7) is 10.2. The van der Waals surface area contributed by atoms with Gasteiger partial charge in [-0.2, -0.15) is 20.2 Å². The molecular formula is C49H49F3N12O2. The van der Waals surface area contributed by atoms with E-state index < -0.39 is 29.7 Å². The maximum atomic E-state index is 16.8. The van der Waals surface area contributed by atoms with Crippen LogP contribution < -0.4 is 15.1 Å². The maximum absolute atomic E-state index is 16.8. The quantitative estimate of drug-likeness (QED) is 0.149. The van der Waals surface area contributed by atoms with E-state index in [1.54, 1.807) is 16.8 Å². The molecule has 17 heteroatoms. The fourth-order valence-corrected chi connectivity index (χ4v) is 9.09. The molecule has 3 aliphatic heterocycles. The Kier molecular flexibility index (Phi) is 10.4. The number of morpholine rings is 2. The molecule has 0 amide bonds. The van der Waals surface area contributed by atoms with Crippen LogP contribution in [0.4, 0.5) is 30.9 Å². The lowest BCUT2D eigenvalue weighted by atomic mass is 9.95. The van der Waals surface area contributed by atoms with Crippen LogP contribution in [0.25, 0.3) is 39.6 Å². The van der Waals surface area contributed by atoms with Crippen LogP contribution in [-0.4, -0.2) is 88.9 Å². The van der Waals surface area contributed by atoms with E-state index in [2.05, 4.69) is 34.3 Å². The molecule has 338 valence electrons. The molecule has 1 N–H and O–H groups in total. The first kappa shape index (κ1) is 41.9. The molecule has 0 bridgehead atoms. The van der Waals surface area contributed by atoms with Crippen molar-refractivity contribution in [2.45, 2.75) is 76.9 Å². The molecule has 3 fully saturated rings. The Morgan fingerprint density at radius 3 is 2.32 bits per heavy atom. The fourth-order valence-electron chi connectivity index (χ4n) is 9.09. The lowest BCUT2D eigenvalue weighted by Crippen LogP contribution is -2.45. The second-order valence-electron chi connectivity index (χ2n) is 18.5. The minimum atomic E-state index is -0.736. The Bertz CT molecular complexity index is 3050. The first-order chi connectivity index (χ1) is 31.8. The van der Waals surface area contributed by atoms with E-state index in [1.165, 1.54) is 12.1 Å². The summed E-state index contributed by atoms with van der Waals surface area (Å²) in [4.78, 5) is 28.8. The van der Waals surface area contributed by atoms with Crippen LogP contribution in [-0.2, 0) is 22.9 Å². The third-order valence-electron chi connectivity index (χ3n) is 12.9. The molecule has 1 saturated carbocycles. The standard InChI is InChI=1S/C49H49F3N12O2/c1-27-16-38-44(36-11-7-32(50)19-40(36)52)57-48(58-45(38)55-28(27)2)63-24-34(66-42(26-63)31-21-54-64(23-31)33-8-9-33)17-29-6-10-35(39(51)18-29)43-37-12-13-49(3,4)60-46(37)59-47(56-43)62-14-15-65-41(25-62)30-20-53-61(5)22-30/h6-7,10-13,16,18-23,33-34,41-42H,8-9,14-15,17,24-26H2,1-5H3,(H,56,59,60)/t34?,41?,42-/m0/s1. The Morgan fingerprint density at radius 1 is 0.788 bits per heavy atom. The zero-order valence-corrected chi connectivity index (χ0v) is 37.3. The number of ether oxygens (including phenoxy) is 2. The minimum absolute atomic E-state index is 0.142. The van der Waals surface area contributed by atoms with Gasteiger partial charge in [0.15, 0.2) is 5.65 Å². The maximum Gasteiger partial charge on any atom is 0.228 e. The van der Waals surface area contributed by atoms with E-state index in [9.17, 15) is 4.39 Å². The van der Waals surface area contributed by atoms with E-state index in [4.69, 9.17) is 34.4 Å². The predicted molar refractivity (Wildman–Crippen MR) is 244 cm³/mol. The Morgan fingerprint density at radius 2 is 1.53 bits per heavy atom. The molecule has 2 aromatic carbocycles. The highest BCUT2D eigenvalue weighted by atomic mass is 19.1. The molecule has 2 saturated heterocycles. The summed E-state index contributed by atoms with van der Waals surface area (Å²) >= 11 is 0. The molecule has 4 aliphatic rings. The number of aromatic nitrogens is 9. The van der Waals surface area contributed by atoms with Crippen LogP contribution in [0.2, 0.25) is 0 Å². The van der Waals surface area contributed by atoms with Gasteiger partial charge in [0.1, 0.15) is 35.5 Å². The third kappa shape index (κ3) is 8.14. The van der Waals surface area contributed by atoms with Gasteiger partial charge in [0, 0.05) is 83.9 Å². The van der Waals surface area contributed by atoms with Gasteiger partial charge in [0.05, 0.1) is 61.2 Å². The second kappa shape index (κ2) is 16.3. The first-order valence-electron chi connectivity index (χ1n) is 22.4. The summed E-state index contributed by atoms with van der Waals surface area (Å²) in [5.74, 6) is -0.408. The number of benzene rings is 2. The zero-order valence-electron chi connectivity index (χ0n) is 37.3. The van der Waals surface area contributed by atoms with Crippen molar-refractivity contribution in [3.63, 3.8) is 0 Å². The number of halogens is 3. The number of pyridine rings is 1. The van der Waals surface area contributed by atoms with E-state index in [0.717, 1.165) is 46.9 Å². The fraction of sp³-hybridized carbons (Fsp3) is 0.367. The summed E-state index contributed by atoms with van der Waals surface area (Å²) < 4.78 is 63.2. The van der Waals surface area contributed by atoms with E-state index in [0.29, 0.717) is 96.5 Å². The lowest BCUT2D eigenvalue weighted by molar-refractivity contribution is -0.0274. The van der Waals surface area contributed by atoms with E-state index >= 15 is 8.78 Å². The third-order valence-corrected chi connectivity index (χ3v) is 12.9. The SMILES string of the molecule is Cc1cc2c(-c3ccc(F)cc3F)nc(N3CC(Cc4ccc(-c5nc(N6CCOC(c7cnn(C)c7)C6)nc6c5C=CC(C)(C)N6)c(F)c4)O[C@H](c4cnn(C5CC5)c4)C3)nc2nc1C. The summed E-state index contributed by atoms with van der Waals surface area (Å²) in [5.41, 5.74) is 6.26. The van der Waals surface area contributed by atoms with Crippen molar-refractivity contribution < 1.29 is 22.6 Å². The smallest absolute Gasteiger partial charge is 0.228 e. The zero-order chi connectivity index (χ0) is 45.4. The molecule has 0 radical (unpaired) electrons. The molecule has 8 heterocycles. The monoisotopic (exact) mass is 894 g/mol. The largest absolute Gasteiger partial charge is 0.370 e. The molecule has 2 unspecified atom stereocenters. The first-order valence-corrected chi connectivity index (χ1v) is 22.4. The number of nitrogens with one attached hydrogen (secondary N) is 1. The van der Waals surface area contributed by atoms with E-state index in [-0.39, 0.29) is 17.2 Å². The minimum Gasteiger partial charge on any atom is -0.370 e. The number of anilines is 3. The molecule has 0 spiro atoms. The molecule has 7 aromatic rings. The van der Waals surface area contributed by atoms with Crippen molar-refractivity contribution in [2.24, 2.45) is 7.05 Å². The summed E-state index contributed by atoms with van der Waals surface area (Å²) in [5, 5.41) is 13.1. The molecule has 3 atom stereocenters. The molecular weight excluding hydrogens is 846 g/mol. The number of rotatable bonds is 9. The van der Waals surface area contributed by atoms with Crippen molar-refractivity contribution in [1.82, 2.24) is 44.5 Å². The Balaban J connectivity index is 0.928. The Hall–Kier alpha value is -6.72. The summed E-state index contributed by atoms with van der Waals surface area (Å²) in [6, 6.07) is 11.0. The van der Waals surface area contributed by atoms with Crippen molar-refractivity contribution in [1.29, 1.82) is 0 Å². The lowest BCUT2D eigenvalue weighted by Gasteiger charge is -2.38. The number of aryl methyl sites for hydroxylation is 3. The second-order valence-corrected chi connectivity index (χ2v) is 18.5. The molecule has 1 aliphatic carbocycles. The summed E-state index contributed by atoms with van der Waals surface area (Å²) in [6.07, 6.45) is 13.0. The van der Waals surface area contributed by atoms with Gasteiger partial charge in [-0.25, -0.2) is 28.1 Å². The van der Waals surface area contributed by atoms with Gasteiger partial charge in [0.2, 0.25) is 11.9 Å². The van der Waals surface area contributed by atoms with Gasteiger partial charge in [-0.05, 0) is 82.0 Å². The van der Waals surface area contributed by atoms with Crippen molar-refractivity contribution >= 4 is 34.8 Å². The van der Waals surface area contributed by atoms with Gasteiger partial charge in [-0.1, -0.05) is 18.2 Å². The highest BCUT2D eigenvalue weighted by Gasteiger charge is 2.35. The Labute approximate surface area is 379 Å². The number of hydrogen-bond donors (Lipinski definition) is 1. The van der Waals surface area contributed by atoms with Gasteiger partial charge in [-0.15, -0.1) is 0 Å². The average molecular weight is 895 g/mol. The predicted octanol–water partition coefficient (Wildman–Crippen LogP) is 8.43. The average Bonchev–Trinajstić information content (AvgIpc) is 3.85. The number of hydrogen-bond acceptors (Lipinski definition) is 12. The summed E-state index contributed by atoms with van der Waals surface area (Å²) in [7, 11) is 1.88. The normalized spacial score (nSPS) is 20.5. The van der Waals surface area contributed by atoms with Gasteiger partial charge < -0.3 is 24.6 Å². The van der Waals surface area contributed by atoms with Gasteiger partial charge in [0.25, 0.3) is 0 Å². The van der Waals surface area contributed by atoms with Crippen molar-refractivity contribution in [2.75, 3.05) is 47.9 Å². The molecule has 11 rings (SSSR count). The topological polar surface area (TPSA) is 137 Å². The van der Waals surface area contributed by atoms with Gasteiger partial charge >= 0.3 is 0 Å². The van der Waals surface area contributed by atoms with Crippen LogP contribution in [0.5, 0.6) is 0 Å². The highest BCUT2D eigenvalue weighted by Crippen LogP contribution is 2.40. The van der Waals surface area contributed by atoms with E-state index in [1.807, 2.05) is 79.5 Å². The molecule has 66 heavy (non-hydrogen) atoms. The highest BCUT2D eigenvalue weighted by molar-refractivity contribution is 5.92. The van der Waals surface area contributed by atoms with Crippen LogP contribution in [0.1, 0.15) is 78.5 Å². The molecule has 5 aromatic heterocycles. The van der Waals surface area contributed by atoms with Crippen molar-refractivity contribution in [3.05, 3.63) is 124 Å². The van der Waals surface area contributed by atoms with Crippen LogP contribution in [0.3, 0.4) is 0 Å². The number of nitrogens with zero attached hydrogens (tertiary/aromatic N) is 11. The number of fused-ring (bicyclic) bond motifs is 2.